The Hall–Kier alpha value is -2.68. The molecule has 1 aliphatic rings. The molecule has 136 valence electrons. The van der Waals surface area contributed by atoms with Crippen molar-refractivity contribution in [1.82, 2.24) is 24.5 Å². The smallest absolute Gasteiger partial charge is 0.290 e. The van der Waals surface area contributed by atoms with Crippen LogP contribution in [0.1, 0.15) is 22.9 Å². The number of aryl methyl sites for hydroxylation is 2. The Morgan fingerprint density at radius 1 is 1.38 bits per heavy atom. The molecule has 0 bridgehead atoms. The number of hydrogen-bond donors (Lipinski definition) is 1. The first-order valence-corrected chi connectivity index (χ1v) is 9.30. The summed E-state index contributed by atoms with van der Waals surface area (Å²) in [6, 6.07) is 3.72. The zero-order valence-electron chi connectivity index (χ0n) is 14.6. The van der Waals surface area contributed by atoms with E-state index in [2.05, 4.69) is 26.6 Å². The predicted molar refractivity (Wildman–Crippen MR) is 98.5 cm³/mol. The van der Waals surface area contributed by atoms with E-state index in [-0.39, 0.29) is 5.56 Å². The highest BCUT2D eigenvalue weighted by Crippen LogP contribution is 2.46. The van der Waals surface area contributed by atoms with Crippen molar-refractivity contribution in [2.24, 2.45) is 20.0 Å². The van der Waals surface area contributed by atoms with Crippen molar-refractivity contribution in [2.75, 3.05) is 11.9 Å². The summed E-state index contributed by atoms with van der Waals surface area (Å²) in [5.41, 5.74) is 3.17. The molecule has 0 amide bonds. The Balaban J connectivity index is 1.38. The summed E-state index contributed by atoms with van der Waals surface area (Å²) in [6.45, 7) is 1.12. The molecule has 0 radical (unpaired) electrons. The second kappa shape index (κ2) is 6.91. The topological polar surface area (TPSA) is 86.9 Å². The van der Waals surface area contributed by atoms with Gasteiger partial charge in [-0.25, -0.2) is 4.68 Å². The molecule has 0 saturated heterocycles. The minimum Gasteiger partial charge on any atom is -0.476 e. The Morgan fingerprint density at radius 3 is 3.00 bits per heavy atom. The second-order valence-corrected chi connectivity index (χ2v) is 7.44. The van der Waals surface area contributed by atoms with E-state index in [0.717, 1.165) is 17.0 Å². The van der Waals surface area contributed by atoms with Gasteiger partial charge >= 0.3 is 0 Å². The van der Waals surface area contributed by atoms with Gasteiger partial charge in [-0.3, -0.25) is 14.5 Å². The third kappa shape index (κ3) is 3.62. The minimum atomic E-state index is -0.181. The van der Waals surface area contributed by atoms with Crippen molar-refractivity contribution >= 4 is 17.0 Å². The highest BCUT2D eigenvalue weighted by atomic mass is 32.1. The third-order valence-electron chi connectivity index (χ3n) is 4.46. The standard InChI is InChI=1S/C17H20N6O2S/c1-22-4-3-14(20-22)13-5-11(13)9-25-16-6-15(17(24)23(2)21-16)19-8-12-7-18-10-26-12/h3-4,6-7,10-11,13,19H,5,8-9H2,1-2H3/t11?,13-/m0/s1. The molecule has 1 aliphatic carbocycles. The van der Waals surface area contributed by atoms with Gasteiger partial charge in [0.05, 0.1) is 24.4 Å². The first-order valence-electron chi connectivity index (χ1n) is 8.42. The summed E-state index contributed by atoms with van der Waals surface area (Å²) < 4.78 is 8.97. The molecule has 0 aromatic carbocycles. The molecule has 1 unspecified atom stereocenters. The van der Waals surface area contributed by atoms with Crippen LogP contribution in [0.3, 0.4) is 0 Å². The van der Waals surface area contributed by atoms with Gasteiger partial charge in [-0.2, -0.15) is 5.10 Å². The van der Waals surface area contributed by atoms with Crippen LogP contribution in [0.2, 0.25) is 0 Å². The largest absolute Gasteiger partial charge is 0.476 e. The normalized spacial score (nSPS) is 18.7. The van der Waals surface area contributed by atoms with Gasteiger partial charge in [0.15, 0.2) is 0 Å². The molecule has 3 heterocycles. The van der Waals surface area contributed by atoms with E-state index < -0.39 is 0 Å². The lowest BCUT2D eigenvalue weighted by atomic mass is 10.2. The first-order chi connectivity index (χ1) is 12.6. The maximum atomic E-state index is 12.2. The fourth-order valence-electron chi connectivity index (χ4n) is 2.91. The van der Waals surface area contributed by atoms with Crippen molar-refractivity contribution in [3.63, 3.8) is 0 Å². The van der Waals surface area contributed by atoms with Gasteiger partial charge in [-0.15, -0.1) is 16.4 Å². The summed E-state index contributed by atoms with van der Waals surface area (Å²) in [7, 11) is 3.55. The van der Waals surface area contributed by atoms with Crippen molar-refractivity contribution in [2.45, 2.75) is 18.9 Å². The molecule has 0 spiro atoms. The average Bonchev–Trinajstić information content (AvgIpc) is 3.00. The van der Waals surface area contributed by atoms with E-state index >= 15 is 0 Å². The van der Waals surface area contributed by atoms with Gasteiger partial charge in [0, 0.05) is 49.3 Å². The van der Waals surface area contributed by atoms with Crippen molar-refractivity contribution in [1.29, 1.82) is 0 Å². The monoisotopic (exact) mass is 372 g/mol. The summed E-state index contributed by atoms with van der Waals surface area (Å²) in [6.07, 6.45) is 4.81. The number of nitrogens with one attached hydrogen (secondary N) is 1. The molecule has 3 aromatic heterocycles. The fraction of sp³-hybridized carbons (Fsp3) is 0.412. The van der Waals surface area contributed by atoms with Gasteiger partial charge in [0.25, 0.3) is 5.56 Å². The van der Waals surface area contributed by atoms with Crippen molar-refractivity contribution in [3.8, 4) is 5.88 Å². The van der Waals surface area contributed by atoms with E-state index in [4.69, 9.17) is 4.74 Å². The molecule has 4 rings (SSSR count). The van der Waals surface area contributed by atoms with Crippen LogP contribution >= 0.6 is 11.3 Å². The molecule has 8 nitrogen and oxygen atoms in total. The number of thiazole rings is 1. The number of aromatic nitrogens is 5. The molecule has 3 aromatic rings. The molecule has 26 heavy (non-hydrogen) atoms. The predicted octanol–water partition coefficient (Wildman–Crippen LogP) is 1.76. The molecular formula is C17H20N6O2S. The fourth-order valence-corrected chi connectivity index (χ4v) is 3.44. The first kappa shape index (κ1) is 16.8. The maximum absolute atomic E-state index is 12.2. The molecular weight excluding hydrogens is 352 g/mol. The van der Waals surface area contributed by atoms with E-state index in [0.29, 0.717) is 36.6 Å². The minimum absolute atomic E-state index is 0.181. The van der Waals surface area contributed by atoms with Crippen molar-refractivity contribution in [3.05, 3.63) is 51.0 Å². The van der Waals surface area contributed by atoms with Gasteiger partial charge in [-0.05, 0) is 12.5 Å². The molecule has 2 atom stereocenters. The van der Waals surface area contributed by atoms with Crippen LogP contribution in [-0.2, 0) is 20.6 Å². The van der Waals surface area contributed by atoms with E-state index in [1.807, 2.05) is 17.9 Å². The number of anilines is 1. The average molecular weight is 372 g/mol. The van der Waals surface area contributed by atoms with Gasteiger partial charge in [-0.1, -0.05) is 0 Å². The molecule has 9 heteroatoms. The van der Waals surface area contributed by atoms with Crippen LogP contribution in [0, 0.1) is 5.92 Å². The Kier molecular flexibility index (Phi) is 4.46. The molecule has 1 fully saturated rings. The number of nitrogens with zero attached hydrogens (tertiary/aromatic N) is 5. The SMILES string of the molecule is Cn1ccc([C@H]2CC2COc2cc(NCc3cncs3)c(=O)n(C)n2)n1. The second-order valence-electron chi connectivity index (χ2n) is 6.47. The van der Waals surface area contributed by atoms with Crippen LogP contribution < -0.4 is 15.6 Å². The summed E-state index contributed by atoms with van der Waals surface area (Å²) in [5, 5.41) is 11.8. The Bertz CT molecular complexity index is 949. The summed E-state index contributed by atoms with van der Waals surface area (Å²) in [4.78, 5) is 17.3. The molecule has 1 saturated carbocycles. The van der Waals surface area contributed by atoms with Crippen LogP contribution in [-0.4, -0.2) is 31.2 Å². The summed E-state index contributed by atoms with van der Waals surface area (Å²) >= 11 is 1.54. The lowest BCUT2D eigenvalue weighted by molar-refractivity contribution is 0.278. The van der Waals surface area contributed by atoms with E-state index in [1.165, 1.54) is 4.68 Å². The highest BCUT2D eigenvalue weighted by Gasteiger charge is 2.40. The van der Waals surface area contributed by atoms with Crippen LogP contribution in [0.15, 0.2) is 34.8 Å². The lowest BCUT2D eigenvalue weighted by Gasteiger charge is -2.10. The van der Waals surface area contributed by atoms with E-state index in [9.17, 15) is 4.79 Å². The quantitative estimate of drug-likeness (QED) is 0.680. The van der Waals surface area contributed by atoms with Gasteiger partial charge in [0.2, 0.25) is 5.88 Å². The summed E-state index contributed by atoms with van der Waals surface area (Å²) in [5.74, 6) is 1.34. The third-order valence-corrected chi connectivity index (χ3v) is 5.24. The Labute approximate surface area is 154 Å². The van der Waals surface area contributed by atoms with E-state index in [1.54, 1.807) is 36.2 Å². The van der Waals surface area contributed by atoms with Gasteiger partial charge < -0.3 is 10.1 Å². The molecule has 0 aliphatic heterocycles. The zero-order valence-corrected chi connectivity index (χ0v) is 15.4. The Morgan fingerprint density at radius 2 is 2.27 bits per heavy atom. The maximum Gasteiger partial charge on any atom is 0.290 e. The van der Waals surface area contributed by atoms with Crippen molar-refractivity contribution < 1.29 is 4.74 Å². The zero-order chi connectivity index (χ0) is 18.1. The van der Waals surface area contributed by atoms with Gasteiger partial charge in [0.1, 0.15) is 5.69 Å². The number of ether oxygens (including phenoxy) is 1. The highest BCUT2D eigenvalue weighted by molar-refractivity contribution is 7.09. The number of rotatable bonds is 7. The van der Waals surface area contributed by atoms with Crippen LogP contribution in [0.25, 0.3) is 0 Å². The lowest BCUT2D eigenvalue weighted by Crippen LogP contribution is -2.24. The number of hydrogen-bond acceptors (Lipinski definition) is 7. The van der Waals surface area contributed by atoms with Crippen LogP contribution in [0.5, 0.6) is 5.88 Å². The molecule has 1 N–H and O–H groups in total. The van der Waals surface area contributed by atoms with Crippen LogP contribution in [0.4, 0.5) is 5.69 Å².